The Bertz CT molecular complexity index is 530. The van der Waals surface area contributed by atoms with Gasteiger partial charge in [0.1, 0.15) is 0 Å². The van der Waals surface area contributed by atoms with E-state index in [4.69, 9.17) is 23.2 Å². The molecule has 1 aliphatic rings. The molecular weight excluding hydrogens is 303 g/mol. The largest absolute Gasteiger partial charge is 0.359 e. The van der Waals surface area contributed by atoms with Crippen molar-refractivity contribution in [3.63, 3.8) is 0 Å². The molecule has 0 unspecified atom stereocenters. The molecule has 1 saturated heterocycles. The van der Waals surface area contributed by atoms with Crippen molar-refractivity contribution >= 4 is 35.0 Å². The highest BCUT2D eigenvalue weighted by atomic mass is 35.5. The average Bonchev–Trinajstić information content (AvgIpc) is 2.48. The Morgan fingerprint density at radius 2 is 1.95 bits per heavy atom. The number of nitrogens with zero attached hydrogens (tertiary/aromatic N) is 3. The molecule has 2 amide bonds. The van der Waals surface area contributed by atoms with Gasteiger partial charge in [0, 0.05) is 26.1 Å². The van der Waals surface area contributed by atoms with Gasteiger partial charge in [-0.25, -0.2) is 0 Å². The van der Waals surface area contributed by atoms with Crippen LogP contribution in [-0.2, 0) is 4.79 Å². The zero-order valence-electron chi connectivity index (χ0n) is 10.9. The molecule has 1 aromatic heterocycles. The number of piperidine rings is 1. The fraction of sp³-hybridized carbons (Fsp3) is 0.500. The normalized spacial score (nSPS) is 16.1. The lowest BCUT2D eigenvalue weighted by atomic mass is 9.95. The summed E-state index contributed by atoms with van der Waals surface area (Å²) in [5.41, 5.74) is 0.241. The second-order valence-electron chi connectivity index (χ2n) is 4.55. The van der Waals surface area contributed by atoms with Gasteiger partial charge in [0.2, 0.25) is 5.91 Å². The third kappa shape index (κ3) is 3.19. The highest BCUT2D eigenvalue weighted by molar-refractivity contribution is 6.34. The fourth-order valence-electron chi connectivity index (χ4n) is 2.22. The van der Waals surface area contributed by atoms with Crippen molar-refractivity contribution in [2.45, 2.75) is 12.8 Å². The van der Waals surface area contributed by atoms with Crippen LogP contribution in [0.3, 0.4) is 0 Å². The molecule has 0 aromatic carbocycles. The van der Waals surface area contributed by atoms with E-state index in [0.29, 0.717) is 25.9 Å². The Balaban J connectivity index is 2.05. The quantitative estimate of drug-likeness (QED) is 0.894. The molecule has 1 aromatic rings. The maximum absolute atomic E-state index is 12.3. The van der Waals surface area contributed by atoms with E-state index >= 15 is 0 Å². The monoisotopic (exact) mass is 316 g/mol. The lowest BCUT2D eigenvalue weighted by Crippen LogP contribution is -2.42. The maximum atomic E-state index is 12.3. The average molecular weight is 317 g/mol. The summed E-state index contributed by atoms with van der Waals surface area (Å²) in [7, 11) is 1.62. The van der Waals surface area contributed by atoms with E-state index < -0.39 is 0 Å². The first-order valence-electron chi connectivity index (χ1n) is 6.22. The molecule has 8 heteroatoms. The van der Waals surface area contributed by atoms with E-state index in [-0.39, 0.29) is 33.6 Å². The van der Waals surface area contributed by atoms with Gasteiger partial charge in [0.25, 0.3) is 5.91 Å². The van der Waals surface area contributed by atoms with Crippen LogP contribution in [0.25, 0.3) is 0 Å². The number of hydrogen-bond acceptors (Lipinski definition) is 4. The molecule has 2 rings (SSSR count). The second kappa shape index (κ2) is 6.37. The Kier molecular flexibility index (Phi) is 4.77. The molecule has 1 N–H and O–H groups in total. The zero-order chi connectivity index (χ0) is 14.7. The standard InChI is InChI=1S/C12H14Cl2N4O2/c1-15-11(19)7-2-4-18(5-3-7)12(20)8-6-9(13)16-17-10(8)14/h6-7H,2-5H2,1H3,(H,15,19). The van der Waals surface area contributed by atoms with Crippen LogP contribution in [0.15, 0.2) is 6.07 Å². The van der Waals surface area contributed by atoms with Gasteiger partial charge in [-0.1, -0.05) is 23.2 Å². The van der Waals surface area contributed by atoms with Gasteiger partial charge >= 0.3 is 0 Å². The molecule has 1 aliphatic heterocycles. The Morgan fingerprint density at radius 3 is 2.55 bits per heavy atom. The first kappa shape index (κ1) is 15.0. The predicted molar refractivity (Wildman–Crippen MR) is 74.7 cm³/mol. The molecule has 0 aliphatic carbocycles. The van der Waals surface area contributed by atoms with Crippen molar-refractivity contribution < 1.29 is 9.59 Å². The first-order chi connectivity index (χ1) is 9.52. The number of likely N-dealkylation sites (tertiary alicyclic amines) is 1. The number of halogens is 2. The van der Waals surface area contributed by atoms with Crippen LogP contribution in [0.2, 0.25) is 10.3 Å². The molecule has 108 valence electrons. The van der Waals surface area contributed by atoms with Crippen LogP contribution in [0.4, 0.5) is 0 Å². The van der Waals surface area contributed by atoms with Crippen LogP contribution < -0.4 is 5.32 Å². The van der Waals surface area contributed by atoms with Crippen LogP contribution in [0.5, 0.6) is 0 Å². The molecule has 0 saturated carbocycles. The number of aromatic nitrogens is 2. The van der Waals surface area contributed by atoms with Crippen LogP contribution in [0, 0.1) is 5.92 Å². The molecule has 0 atom stereocenters. The smallest absolute Gasteiger partial charge is 0.257 e. The van der Waals surface area contributed by atoms with E-state index in [1.807, 2.05) is 0 Å². The van der Waals surface area contributed by atoms with Gasteiger partial charge in [0.05, 0.1) is 5.56 Å². The number of hydrogen-bond donors (Lipinski definition) is 1. The van der Waals surface area contributed by atoms with Gasteiger partial charge in [-0.2, -0.15) is 0 Å². The Labute approximate surface area is 126 Å². The van der Waals surface area contributed by atoms with E-state index in [1.54, 1.807) is 11.9 Å². The highest BCUT2D eigenvalue weighted by Crippen LogP contribution is 2.22. The lowest BCUT2D eigenvalue weighted by Gasteiger charge is -2.31. The van der Waals surface area contributed by atoms with Crippen molar-refractivity contribution in [1.82, 2.24) is 20.4 Å². The van der Waals surface area contributed by atoms with E-state index in [9.17, 15) is 9.59 Å². The van der Waals surface area contributed by atoms with Crippen molar-refractivity contribution in [2.75, 3.05) is 20.1 Å². The molecular formula is C12H14Cl2N4O2. The van der Waals surface area contributed by atoms with Crippen molar-refractivity contribution in [1.29, 1.82) is 0 Å². The number of rotatable bonds is 2. The number of nitrogens with one attached hydrogen (secondary N) is 1. The minimum Gasteiger partial charge on any atom is -0.359 e. The van der Waals surface area contributed by atoms with Crippen LogP contribution in [-0.4, -0.2) is 47.0 Å². The van der Waals surface area contributed by atoms with E-state index in [0.717, 1.165) is 0 Å². The molecule has 0 bridgehead atoms. The van der Waals surface area contributed by atoms with E-state index in [1.165, 1.54) is 6.07 Å². The minimum atomic E-state index is -0.234. The summed E-state index contributed by atoms with van der Waals surface area (Å²) in [4.78, 5) is 25.5. The van der Waals surface area contributed by atoms with Crippen molar-refractivity contribution in [2.24, 2.45) is 5.92 Å². The summed E-state index contributed by atoms with van der Waals surface area (Å²) in [6.45, 7) is 1.01. The van der Waals surface area contributed by atoms with Gasteiger partial charge in [-0.15, -0.1) is 10.2 Å². The van der Waals surface area contributed by atoms with Gasteiger partial charge < -0.3 is 10.2 Å². The van der Waals surface area contributed by atoms with Gasteiger partial charge in [0.15, 0.2) is 10.3 Å². The Hall–Kier alpha value is -1.40. The maximum Gasteiger partial charge on any atom is 0.257 e. The summed E-state index contributed by atoms with van der Waals surface area (Å²) in [6, 6.07) is 1.41. The topological polar surface area (TPSA) is 75.2 Å². The summed E-state index contributed by atoms with van der Waals surface area (Å²) < 4.78 is 0. The predicted octanol–water partition coefficient (Wildman–Crippen LogP) is 1.38. The van der Waals surface area contributed by atoms with E-state index in [2.05, 4.69) is 15.5 Å². The molecule has 0 radical (unpaired) electrons. The van der Waals surface area contributed by atoms with Crippen molar-refractivity contribution in [3.05, 3.63) is 21.9 Å². The van der Waals surface area contributed by atoms with Crippen LogP contribution >= 0.6 is 23.2 Å². The fourth-order valence-corrected chi connectivity index (χ4v) is 2.54. The highest BCUT2D eigenvalue weighted by Gasteiger charge is 2.28. The Morgan fingerprint density at radius 1 is 1.30 bits per heavy atom. The summed E-state index contributed by atoms with van der Waals surface area (Å²) >= 11 is 11.6. The SMILES string of the molecule is CNC(=O)C1CCN(C(=O)c2cc(Cl)nnc2Cl)CC1. The third-order valence-electron chi connectivity index (χ3n) is 3.35. The summed E-state index contributed by atoms with van der Waals surface area (Å²) in [5.74, 6) is -0.260. The number of carbonyl (C=O) groups excluding carboxylic acids is 2. The summed E-state index contributed by atoms with van der Waals surface area (Å²) in [6.07, 6.45) is 1.27. The molecule has 0 spiro atoms. The second-order valence-corrected chi connectivity index (χ2v) is 5.30. The van der Waals surface area contributed by atoms with Crippen LogP contribution in [0.1, 0.15) is 23.2 Å². The van der Waals surface area contributed by atoms with Crippen molar-refractivity contribution in [3.8, 4) is 0 Å². The summed E-state index contributed by atoms with van der Waals surface area (Å²) in [5, 5.41) is 9.98. The molecule has 20 heavy (non-hydrogen) atoms. The van der Waals surface area contributed by atoms with Gasteiger partial charge in [-0.05, 0) is 18.9 Å². The molecule has 1 fully saturated rings. The number of carbonyl (C=O) groups is 2. The molecule has 6 nitrogen and oxygen atoms in total. The zero-order valence-corrected chi connectivity index (χ0v) is 12.4. The molecule has 2 heterocycles. The minimum absolute atomic E-state index is 0.0174. The first-order valence-corrected chi connectivity index (χ1v) is 6.98. The number of amides is 2. The van der Waals surface area contributed by atoms with Gasteiger partial charge in [-0.3, -0.25) is 9.59 Å². The third-order valence-corrected chi connectivity index (χ3v) is 3.81. The lowest BCUT2D eigenvalue weighted by molar-refractivity contribution is -0.125.